The number of esters is 1. The highest BCUT2D eigenvalue weighted by atomic mass is 16.5. The number of carbonyl (C=O) groups excluding carboxylic acids is 3. The summed E-state index contributed by atoms with van der Waals surface area (Å²) >= 11 is 0. The Morgan fingerprint density at radius 1 is 1.04 bits per heavy atom. The lowest BCUT2D eigenvalue weighted by molar-refractivity contribution is -0.144. The predicted molar refractivity (Wildman–Crippen MR) is 99.2 cm³/mol. The highest BCUT2D eigenvalue weighted by molar-refractivity contribution is 6.17. The molecule has 2 rings (SSSR count). The van der Waals surface area contributed by atoms with Crippen LogP contribution in [0.2, 0.25) is 0 Å². The van der Waals surface area contributed by atoms with E-state index in [4.69, 9.17) is 4.74 Å². The van der Waals surface area contributed by atoms with Gasteiger partial charge in [0, 0.05) is 11.6 Å². The van der Waals surface area contributed by atoms with E-state index in [-0.39, 0.29) is 18.6 Å². The molecule has 0 saturated heterocycles. The molecular weight excluding hydrogens is 330 g/mol. The van der Waals surface area contributed by atoms with Crippen LogP contribution in [0.25, 0.3) is 0 Å². The van der Waals surface area contributed by atoms with Gasteiger partial charge < -0.3 is 4.74 Å². The summed E-state index contributed by atoms with van der Waals surface area (Å²) in [7, 11) is 0. The maximum atomic E-state index is 11.9. The summed E-state index contributed by atoms with van der Waals surface area (Å²) < 4.78 is 5.28. The molecule has 1 aromatic carbocycles. The minimum absolute atomic E-state index is 0.146. The molecule has 0 saturated carbocycles. The van der Waals surface area contributed by atoms with Gasteiger partial charge in [-0.25, -0.2) is 0 Å². The zero-order valence-electron chi connectivity index (χ0n) is 15.9. The van der Waals surface area contributed by atoms with E-state index in [0.29, 0.717) is 11.8 Å². The van der Waals surface area contributed by atoms with Crippen molar-refractivity contribution in [1.29, 1.82) is 0 Å². The number of amides is 2. The van der Waals surface area contributed by atoms with E-state index < -0.39 is 17.8 Å². The molecule has 1 N–H and O–H groups in total. The van der Waals surface area contributed by atoms with Crippen LogP contribution in [0.5, 0.6) is 0 Å². The fraction of sp³-hybridized carbons (Fsp3) is 0.476. The van der Waals surface area contributed by atoms with Crippen molar-refractivity contribution in [3.05, 3.63) is 46.5 Å². The van der Waals surface area contributed by atoms with Gasteiger partial charge in [0.15, 0.2) is 0 Å². The highest BCUT2D eigenvalue weighted by Gasteiger charge is 2.23. The van der Waals surface area contributed by atoms with Gasteiger partial charge >= 0.3 is 5.97 Å². The van der Waals surface area contributed by atoms with Crippen LogP contribution in [-0.4, -0.2) is 17.8 Å². The van der Waals surface area contributed by atoms with Crippen LogP contribution in [0.15, 0.2) is 29.8 Å². The van der Waals surface area contributed by atoms with Crippen molar-refractivity contribution < 1.29 is 19.1 Å². The fourth-order valence-corrected chi connectivity index (χ4v) is 2.99. The van der Waals surface area contributed by atoms with Crippen LogP contribution in [0.3, 0.4) is 0 Å². The maximum absolute atomic E-state index is 11.9. The number of nitrogens with one attached hydrogen (secondary N) is 1. The lowest BCUT2D eigenvalue weighted by atomic mass is 9.91. The Morgan fingerprint density at radius 2 is 1.69 bits per heavy atom. The van der Waals surface area contributed by atoms with Crippen LogP contribution in [0, 0.1) is 11.8 Å². The number of benzene rings is 1. The van der Waals surface area contributed by atoms with E-state index in [2.05, 4.69) is 45.1 Å². The summed E-state index contributed by atoms with van der Waals surface area (Å²) in [6.45, 7) is 8.94. The van der Waals surface area contributed by atoms with Crippen LogP contribution >= 0.6 is 0 Å². The summed E-state index contributed by atoms with van der Waals surface area (Å²) in [5.74, 6) is -0.402. The van der Waals surface area contributed by atoms with Gasteiger partial charge in [-0.3, -0.25) is 19.7 Å². The van der Waals surface area contributed by atoms with Crippen molar-refractivity contribution in [2.24, 2.45) is 11.8 Å². The first-order chi connectivity index (χ1) is 12.2. The van der Waals surface area contributed by atoms with Crippen molar-refractivity contribution in [2.75, 3.05) is 0 Å². The Balaban J connectivity index is 2.00. The molecule has 0 bridgehead atoms. The first kappa shape index (κ1) is 19.9. The number of carbonyl (C=O) groups is 3. The van der Waals surface area contributed by atoms with Crippen LogP contribution in [0.1, 0.15) is 50.8 Å². The first-order valence-corrected chi connectivity index (χ1v) is 9.06. The smallest absolute Gasteiger partial charge is 0.310 e. The topological polar surface area (TPSA) is 72.5 Å². The van der Waals surface area contributed by atoms with Crippen LogP contribution in [-0.2, 0) is 38.6 Å². The third-order valence-electron chi connectivity index (χ3n) is 4.10. The van der Waals surface area contributed by atoms with Gasteiger partial charge in [-0.15, -0.1) is 0 Å². The molecule has 1 aliphatic heterocycles. The molecular formula is C21H27NO4. The average Bonchev–Trinajstić information content (AvgIpc) is 2.84. The number of rotatable bonds is 8. The molecule has 0 fully saturated rings. The SMILES string of the molecule is CC(C)Cc1ccc(COC(=O)CC2=CC(=O)NC2=O)cc1CC(C)C. The monoisotopic (exact) mass is 357 g/mol. The summed E-state index contributed by atoms with van der Waals surface area (Å²) in [4.78, 5) is 34.5. The molecule has 5 heteroatoms. The quantitative estimate of drug-likeness (QED) is 0.573. The van der Waals surface area contributed by atoms with Gasteiger partial charge in [0.1, 0.15) is 6.61 Å². The van der Waals surface area contributed by atoms with E-state index >= 15 is 0 Å². The van der Waals surface area contributed by atoms with Crippen molar-refractivity contribution in [1.82, 2.24) is 5.32 Å². The third-order valence-corrected chi connectivity index (χ3v) is 4.10. The zero-order chi connectivity index (χ0) is 19.3. The molecule has 1 aliphatic rings. The van der Waals surface area contributed by atoms with Crippen molar-refractivity contribution >= 4 is 17.8 Å². The van der Waals surface area contributed by atoms with Crippen molar-refractivity contribution in [3.63, 3.8) is 0 Å². The molecule has 2 amide bonds. The molecule has 0 aliphatic carbocycles. The van der Waals surface area contributed by atoms with E-state index in [1.54, 1.807) is 0 Å². The maximum Gasteiger partial charge on any atom is 0.310 e. The molecule has 0 radical (unpaired) electrons. The second kappa shape index (κ2) is 8.79. The Morgan fingerprint density at radius 3 is 2.27 bits per heavy atom. The molecule has 5 nitrogen and oxygen atoms in total. The summed E-state index contributed by atoms with van der Waals surface area (Å²) in [6, 6.07) is 6.21. The summed E-state index contributed by atoms with van der Waals surface area (Å²) in [5.41, 5.74) is 3.72. The predicted octanol–water partition coefficient (Wildman–Crippen LogP) is 3.10. The second-order valence-corrected chi connectivity index (χ2v) is 7.62. The van der Waals surface area contributed by atoms with Gasteiger partial charge in [0.2, 0.25) is 0 Å². The fourth-order valence-electron chi connectivity index (χ4n) is 2.99. The molecule has 0 atom stereocenters. The largest absolute Gasteiger partial charge is 0.461 e. The first-order valence-electron chi connectivity index (χ1n) is 9.06. The molecule has 0 spiro atoms. The number of ether oxygens (including phenoxy) is 1. The molecule has 26 heavy (non-hydrogen) atoms. The summed E-state index contributed by atoms with van der Waals surface area (Å²) in [6.07, 6.45) is 2.96. The van der Waals surface area contributed by atoms with E-state index in [0.717, 1.165) is 24.5 Å². The molecule has 1 heterocycles. The van der Waals surface area contributed by atoms with Crippen molar-refractivity contribution in [2.45, 2.75) is 53.6 Å². The molecule has 140 valence electrons. The normalized spacial score (nSPS) is 14.0. The lowest BCUT2D eigenvalue weighted by Crippen LogP contribution is -2.23. The van der Waals surface area contributed by atoms with Gasteiger partial charge in [-0.05, 0) is 41.4 Å². The van der Waals surface area contributed by atoms with Crippen LogP contribution < -0.4 is 5.32 Å². The Labute approximate surface area is 154 Å². The minimum Gasteiger partial charge on any atom is -0.461 e. The standard InChI is InChI=1S/C21H27NO4/c1-13(2)7-16-6-5-15(9-17(16)8-14(3)4)12-26-20(24)11-18-10-19(23)22-21(18)25/h5-6,9-10,13-14H,7-8,11-12H2,1-4H3,(H,22,23,25). The Hall–Kier alpha value is -2.43. The number of imide groups is 1. The van der Waals surface area contributed by atoms with E-state index in [9.17, 15) is 14.4 Å². The van der Waals surface area contributed by atoms with E-state index in [1.807, 2.05) is 6.07 Å². The minimum atomic E-state index is -0.524. The van der Waals surface area contributed by atoms with Gasteiger partial charge in [-0.2, -0.15) is 0 Å². The number of hydrogen-bond donors (Lipinski definition) is 1. The summed E-state index contributed by atoms with van der Waals surface area (Å²) in [5, 5.41) is 2.12. The van der Waals surface area contributed by atoms with Crippen molar-refractivity contribution in [3.8, 4) is 0 Å². The molecule has 0 unspecified atom stereocenters. The zero-order valence-corrected chi connectivity index (χ0v) is 15.9. The average molecular weight is 357 g/mol. The Kier molecular flexibility index (Phi) is 6.72. The van der Waals surface area contributed by atoms with Gasteiger partial charge in [0.05, 0.1) is 6.42 Å². The molecule has 0 aromatic heterocycles. The van der Waals surface area contributed by atoms with E-state index in [1.165, 1.54) is 11.1 Å². The molecule has 1 aromatic rings. The lowest BCUT2D eigenvalue weighted by Gasteiger charge is -2.15. The second-order valence-electron chi connectivity index (χ2n) is 7.62. The highest BCUT2D eigenvalue weighted by Crippen LogP contribution is 2.20. The number of hydrogen-bond acceptors (Lipinski definition) is 4. The Bertz CT molecular complexity index is 732. The third kappa shape index (κ3) is 5.83. The van der Waals surface area contributed by atoms with Gasteiger partial charge in [0.25, 0.3) is 11.8 Å². The van der Waals surface area contributed by atoms with Gasteiger partial charge in [-0.1, -0.05) is 45.9 Å². The van der Waals surface area contributed by atoms with Crippen LogP contribution in [0.4, 0.5) is 0 Å².